The van der Waals surface area contributed by atoms with Crippen molar-refractivity contribution in [1.82, 2.24) is 4.90 Å². The van der Waals surface area contributed by atoms with Crippen LogP contribution >= 0.6 is 0 Å². The number of rotatable bonds is 6. The van der Waals surface area contributed by atoms with Crippen LogP contribution in [0.1, 0.15) is 25.3 Å². The molecule has 0 bridgehead atoms. The van der Waals surface area contributed by atoms with Gasteiger partial charge in [0, 0.05) is 24.4 Å². The summed E-state index contributed by atoms with van der Waals surface area (Å²) in [4.78, 5) is 18.8. The number of sulfone groups is 1. The van der Waals surface area contributed by atoms with Crippen LogP contribution < -0.4 is 0 Å². The Labute approximate surface area is 153 Å². The van der Waals surface area contributed by atoms with Gasteiger partial charge in [-0.1, -0.05) is 12.1 Å². The maximum atomic E-state index is 13.5. The lowest BCUT2D eigenvalue weighted by Gasteiger charge is -2.24. The Kier molecular flexibility index (Phi) is 5.55. The van der Waals surface area contributed by atoms with Crippen molar-refractivity contribution in [1.29, 1.82) is 0 Å². The number of aliphatic imine (C=N–C) groups is 1. The number of carbonyl (C=O) groups excluding carboxylic acids is 1. The lowest BCUT2D eigenvalue weighted by Crippen LogP contribution is -2.34. The Morgan fingerprint density at radius 3 is 2.81 bits per heavy atom. The smallest absolute Gasteiger partial charge is 0.252 e. The van der Waals surface area contributed by atoms with Gasteiger partial charge in [-0.25, -0.2) is 12.8 Å². The number of hydrogen-bond acceptors (Lipinski definition) is 4. The van der Waals surface area contributed by atoms with E-state index in [-0.39, 0.29) is 29.1 Å². The maximum Gasteiger partial charge on any atom is 0.252 e. The Morgan fingerprint density at radius 2 is 2.19 bits per heavy atom. The van der Waals surface area contributed by atoms with Crippen LogP contribution in [0.4, 0.5) is 4.39 Å². The Hall–Kier alpha value is -2.02. The highest BCUT2D eigenvalue weighted by Crippen LogP contribution is 2.23. The van der Waals surface area contributed by atoms with E-state index >= 15 is 0 Å². The van der Waals surface area contributed by atoms with Crippen molar-refractivity contribution in [3.05, 3.63) is 47.3 Å². The molecule has 1 aromatic rings. The van der Waals surface area contributed by atoms with Crippen molar-refractivity contribution in [2.24, 2.45) is 10.9 Å². The van der Waals surface area contributed by atoms with Crippen molar-refractivity contribution in [2.45, 2.75) is 26.3 Å². The minimum atomic E-state index is -2.93. The normalized spacial score (nSPS) is 21.4. The van der Waals surface area contributed by atoms with Gasteiger partial charge in [-0.05, 0) is 49.5 Å². The van der Waals surface area contributed by atoms with Crippen LogP contribution in [0.15, 0.2) is 40.9 Å². The summed E-state index contributed by atoms with van der Waals surface area (Å²) in [5, 5.41) is 0. The summed E-state index contributed by atoms with van der Waals surface area (Å²) in [6.07, 6.45) is 3.06. The average Bonchev–Trinajstić information content (AvgIpc) is 3.16. The van der Waals surface area contributed by atoms with E-state index in [1.807, 2.05) is 6.92 Å². The third-order valence-corrected chi connectivity index (χ3v) is 6.68. The molecule has 140 valence electrons. The standard InChI is InChI=1S/C19H23FN2O3S/c1-14-9-17(11-21-14)19(23)22(12-16-3-2-4-18(20)10-16)7-5-15-6-8-26(24,25)13-15/h2-4,9-10,15H,5-8,11-13H2,1H3. The average molecular weight is 378 g/mol. The fourth-order valence-corrected chi connectivity index (χ4v) is 5.34. The van der Waals surface area contributed by atoms with Crippen molar-refractivity contribution in [3.8, 4) is 0 Å². The largest absolute Gasteiger partial charge is 0.335 e. The van der Waals surface area contributed by atoms with E-state index in [0.717, 1.165) is 5.71 Å². The van der Waals surface area contributed by atoms with Crippen molar-refractivity contribution < 1.29 is 17.6 Å². The summed E-state index contributed by atoms with van der Waals surface area (Å²) < 4.78 is 36.8. The highest BCUT2D eigenvalue weighted by molar-refractivity contribution is 7.91. The van der Waals surface area contributed by atoms with E-state index < -0.39 is 9.84 Å². The van der Waals surface area contributed by atoms with Gasteiger partial charge in [-0.15, -0.1) is 0 Å². The van der Waals surface area contributed by atoms with Crippen LogP contribution in [-0.2, 0) is 21.2 Å². The van der Waals surface area contributed by atoms with Crippen LogP contribution in [0.25, 0.3) is 0 Å². The molecule has 1 fully saturated rings. The van der Waals surface area contributed by atoms with Gasteiger partial charge in [0.2, 0.25) is 0 Å². The van der Waals surface area contributed by atoms with Gasteiger partial charge in [-0.3, -0.25) is 9.79 Å². The van der Waals surface area contributed by atoms with Gasteiger partial charge in [0.25, 0.3) is 5.91 Å². The first-order chi connectivity index (χ1) is 12.3. The summed E-state index contributed by atoms with van der Waals surface area (Å²) in [5.74, 6) is 0.0539. The lowest BCUT2D eigenvalue weighted by atomic mass is 10.0. The summed E-state index contributed by atoms with van der Waals surface area (Å²) in [6, 6.07) is 6.20. The maximum absolute atomic E-state index is 13.5. The third-order valence-electron chi connectivity index (χ3n) is 4.84. The van der Waals surface area contributed by atoms with E-state index in [2.05, 4.69) is 4.99 Å². The van der Waals surface area contributed by atoms with E-state index in [4.69, 9.17) is 0 Å². The van der Waals surface area contributed by atoms with Gasteiger partial charge in [0.1, 0.15) is 5.82 Å². The van der Waals surface area contributed by atoms with Crippen LogP contribution in [0.5, 0.6) is 0 Å². The molecule has 0 aliphatic carbocycles. The molecule has 26 heavy (non-hydrogen) atoms. The van der Waals surface area contributed by atoms with Gasteiger partial charge in [0.15, 0.2) is 9.84 Å². The minimum absolute atomic E-state index is 0.0818. The van der Waals surface area contributed by atoms with Crippen LogP contribution in [0.3, 0.4) is 0 Å². The highest BCUT2D eigenvalue weighted by Gasteiger charge is 2.29. The number of amides is 1. The molecule has 5 nitrogen and oxygen atoms in total. The van der Waals surface area contributed by atoms with E-state index in [1.165, 1.54) is 12.1 Å². The van der Waals surface area contributed by atoms with E-state index in [0.29, 0.717) is 43.6 Å². The van der Waals surface area contributed by atoms with Crippen LogP contribution in [-0.4, -0.2) is 49.5 Å². The second-order valence-electron chi connectivity index (χ2n) is 7.04. The molecule has 1 aromatic carbocycles. The number of nitrogens with zero attached hydrogens (tertiary/aromatic N) is 2. The molecular formula is C19H23FN2O3S. The molecule has 1 saturated heterocycles. The number of benzene rings is 1. The van der Waals surface area contributed by atoms with Crippen LogP contribution in [0.2, 0.25) is 0 Å². The predicted octanol–water partition coefficient (Wildman–Crippen LogP) is 2.38. The van der Waals surface area contributed by atoms with Crippen molar-refractivity contribution in [2.75, 3.05) is 24.6 Å². The molecule has 0 aromatic heterocycles. The van der Waals surface area contributed by atoms with Gasteiger partial charge < -0.3 is 4.90 Å². The monoisotopic (exact) mass is 378 g/mol. The molecule has 0 saturated carbocycles. The lowest BCUT2D eigenvalue weighted by molar-refractivity contribution is -0.127. The molecule has 1 unspecified atom stereocenters. The van der Waals surface area contributed by atoms with E-state index in [1.54, 1.807) is 23.1 Å². The van der Waals surface area contributed by atoms with Gasteiger partial charge in [-0.2, -0.15) is 0 Å². The van der Waals surface area contributed by atoms with Gasteiger partial charge in [0.05, 0.1) is 18.1 Å². The molecule has 0 N–H and O–H groups in total. The zero-order chi connectivity index (χ0) is 18.7. The predicted molar refractivity (Wildman–Crippen MR) is 99.3 cm³/mol. The number of hydrogen-bond donors (Lipinski definition) is 0. The summed E-state index contributed by atoms with van der Waals surface area (Å²) in [5.41, 5.74) is 2.16. The summed E-state index contributed by atoms with van der Waals surface area (Å²) in [7, 11) is -2.93. The summed E-state index contributed by atoms with van der Waals surface area (Å²) in [6.45, 7) is 2.96. The molecule has 1 atom stereocenters. The first-order valence-electron chi connectivity index (χ1n) is 8.78. The Bertz CT molecular complexity index is 861. The molecule has 3 rings (SSSR count). The zero-order valence-electron chi connectivity index (χ0n) is 14.8. The molecule has 2 aliphatic rings. The summed E-state index contributed by atoms with van der Waals surface area (Å²) >= 11 is 0. The Morgan fingerprint density at radius 1 is 1.38 bits per heavy atom. The molecule has 0 spiro atoms. The topological polar surface area (TPSA) is 66.8 Å². The quantitative estimate of drug-likeness (QED) is 0.763. The molecular weight excluding hydrogens is 355 g/mol. The number of halogens is 1. The third kappa shape index (κ3) is 4.78. The first kappa shape index (κ1) is 18.8. The second-order valence-corrected chi connectivity index (χ2v) is 9.27. The molecule has 0 radical (unpaired) electrons. The number of allylic oxidation sites excluding steroid dienone is 1. The number of carbonyl (C=O) groups is 1. The minimum Gasteiger partial charge on any atom is -0.335 e. The molecule has 1 amide bonds. The van der Waals surface area contributed by atoms with Gasteiger partial charge >= 0.3 is 0 Å². The van der Waals surface area contributed by atoms with Crippen molar-refractivity contribution >= 4 is 21.5 Å². The molecule has 7 heteroatoms. The SMILES string of the molecule is CC1=NCC(C(=O)N(CCC2CCS(=O)(=O)C2)Cc2cccc(F)c2)=C1. The van der Waals surface area contributed by atoms with Crippen LogP contribution in [0, 0.1) is 11.7 Å². The first-order valence-corrected chi connectivity index (χ1v) is 10.6. The second kappa shape index (κ2) is 7.70. The fourth-order valence-electron chi connectivity index (χ4n) is 3.43. The highest BCUT2D eigenvalue weighted by atomic mass is 32.2. The zero-order valence-corrected chi connectivity index (χ0v) is 15.6. The molecule has 2 aliphatic heterocycles. The van der Waals surface area contributed by atoms with Crippen molar-refractivity contribution in [3.63, 3.8) is 0 Å². The Balaban J connectivity index is 1.70. The molecule has 2 heterocycles. The van der Waals surface area contributed by atoms with E-state index in [9.17, 15) is 17.6 Å². The fraction of sp³-hybridized carbons (Fsp3) is 0.474.